The van der Waals surface area contributed by atoms with E-state index in [1.807, 2.05) is 0 Å². The fraction of sp³-hybridized carbons (Fsp3) is 0.417. The number of halogens is 1. The van der Waals surface area contributed by atoms with Gasteiger partial charge in [0.1, 0.15) is 5.82 Å². The van der Waals surface area contributed by atoms with Crippen molar-refractivity contribution in [3.63, 3.8) is 0 Å². The number of hydrogen-bond acceptors (Lipinski definition) is 2. The molecule has 1 saturated heterocycles. The largest absolute Gasteiger partial charge is 0.348 e. The van der Waals surface area contributed by atoms with E-state index >= 15 is 0 Å². The van der Waals surface area contributed by atoms with Crippen molar-refractivity contribution in [1.82, 2.24) is 10.6 Å². The van der Waals surface area contributed by atoms with Crippen LogP contribution < -0.4 is 10.6 Å². The maximum Gasteiger partial charge on any atom is 0.251 e. The smallest absolute Gasteiger partial charge is 0.251 e. The summed E-state index contributed by atoms with van der Waals surface area (Å²) in [7, 11) is 0. The van der Waals surface area contributed by atoms with E-state index in [2.05, 4.69) is 10.6 Å². The molecule has 86 valence electrons. The Kier molecular flexibility index (Phi) is 3.19. The fourth-order valence-corrected chi connectivity index (χ4v) is 1.92. The molecule has 1 unspecified atom stereocenters. The van der Waals surface area contributed by atoms with E-state index < -0.39 is 0 Å². The van der Waals surface area contributed by atoms with E-state index in [1.54, 1.807) is 6.92 Å². The number of rotatable bonds is 2. The number of hydrogen-bond donors (Lipinski definition) is 2. The van der Waals surface area contributed by atoms with Gasteiger partial charge in [0.25, 0.3) is 5.91 Å². The highest BCUT2D eigenvalue weighted by molar-refractivity contribution is 5.95. The Hall–Kier alpha value is -1.42. The van der Waals surface area contributed by atoms with Crippen LogP contribution in [-0.2, 0) is 0 Å². The highest BCUT2D eigenvalue weighted by atomic mass is 19.1. The van der Waals surface area contributed by atoms with E-state index in [-0.39, 0.29) is 17.8 Å². The molecule has 0 radical (unpaired) electrons. The van der Waals surface area contributed by atoms with Gasteiger partial charge in [0.15, 0.2) is 0 Å². The summed E-state index contributed by atoms with van der Waals surface area (Å²) in [6.45, 7) is 3.49. The maximum absolute atomic E-state index is 12.9. The molecule has 1 aromatic carbocycles. The zero-order valence-electron chi connectivity index (χ0n) is 9.22. The van der Waals surface area contributed by atoms with Crippen molar-refractivity contribution in [3.8, 4) is 0 Å². The Morgan fingerprint density at radius 2 is 2.38 bits per heavy atom. The second kappa shape index (κ2) is 4.61. The lowest BCUT2D eigenvalue weighted by Gasteiger charge is -2.12. The highest BCUT2D eigenvalue weighted by Gasteiger charge is 2.18. The Morgan fingerprint density at radius 1 is 1.56 bits per heavy atom. The van der Waals surface area contributed by atoms with Gasteiger partial charge >= 0.3 is 0 Å². The second-order valence-electron chi connectivity index (χ2n) is 4.12. The van der Waals surface area contributed by atoms with Crippen LogP contribution in [0.1, 0.15) is 22.3 Å². The lowest BCUT2D eigenvalue weighted by Crippen LogP contribution is -2.36. The van der Waals surface area contributed by atoms with E-state index in [4.69, 9.17) is 0 Å². The third-order valence-electron chi connectivity index (χ3n) is 2.83. The van der Waals surface area contributed by atoms with Crippen LogP contribution in [0.4, 0.5) is 4.39 Å². The molecule has 0 spiro atoms. The van der Waals surface area contributed by atoms with Crippen LogP contribution in [0.3, 0.4) is 0 Å². The Morgan fingerprint density at radius 3 is 3.00 bits per heavy atom. The summed E-state index contributed by atoms with van der Waals surface area (Å²) >= 11 is 0. The summed E-state index contributed by atoms with van der Waals surface area (Å²) in [5.74, 6) is -0.428. The van der Waals surface area contributed by atoms with Gasteiger partial charge in [-0.2, -0.15) is 0 Å². The molecule has 1 fully saturated rings. The van der Waals surface area contributed by atoms with E-state index in [0.717, 1.165) is 19.5 Å². The predicted octanol–water partition coefficient (Wildman–Crippen LogP) is 1.23. The van der Waals surface area contributed by atoms with Crippen molar-refractivity contribution in [3.05, 3.63) is 35.1 Å². The van der Waals surface area contributed by atoms with Crippen LogP contribution in [-0.4, -0.2) is 25.0 Å². The van der Waals surface area contributed by atoms with E-state index in [9.17, 15) is 9.18 Å². The standard InChI is InChI=1S/C12H15FN2O/c1-8-6-9(13)2-3-11(8)12(16)15-10-4-5-14-7-10/h2-3,6,10,14H,4-5,7H2,1H3,(H,15,16). The molecule has 3 nitrogen and oxygen atoms in total. The molecule has 1 aromatic rings. The predicted molar refractivity (Wildman–Crippen MR) is 59.9 cm³/mol. The van der Waals surface area contributed by atoms with E-state index in [1.165, 1.54) is 18.2 Å². The van der Waals surface area contributed by atoms with Crippen LogP contribution in [0.2, 0.25) is 0 Å². The molecule has 1 aliphatic rings. The van der Waals surface area contributed by atoms with Gasteiger partial charge in [0.05, 0.1) is 0 Å². The van der Waals surface area contributed by atoms with E-state index in [0.29, 0.717) is 11.1 Å². The minimum Gasteiger partial charge on any atom is -0.348 e. The molecule has 0 aromatic heterocycles. The topological polar surface area (TPSA) is 41.1 Å². The maximum atomic E-state index is 12.9. The molecule has 16 heavy (non-hydrogen) atoms. The Balaban J connectivity index is 2.08. The molecule has 0 bridgehead atoms. The summed E-state index contributed by atoms with van der Waals surface area (Å²) in [6.07, 6.45) is 0.950. The lowest BCUT2D eigenvalue weighted by atomic mass is 10.1. The number of benzene rings is 1. The Bertz CT molecular complexity index is 400. The molecule has 1 atom stereocenters. The van der Waals surface area contributed by atoms with Gasteiger partial charge in [-0.25, -0.2) is 4.39 Å². The molecule has 2 rings (SSSR count). The van der Waals surface area contributed by atoms with Gasteiger partial charge in [-0.05, 0) is 43.7 Å². The summed E-state index contributed by atoms with van der Waals surface area (Å²) in [5.41, 5.74) is 1.22. The molecule has 4 heteroatoms. The van der Waals surface area contributed by atoms with Crippen molar-refractivity contribution >= 4 is 5.91 Å². The quantitative estimate of drug-likeness (QED) is 0.790. The van der Waals surface area contributed by atoms with Crippen LogP contribution in [0.25, 0.3) is 0 Å². The highest BCUT2D eigenvalue weighted by Crippen LogP contribution is 2.10. The molecule has 1 aliphatic heterocycles. The van der Waals surface area contributed by atoms with Gasteiger partial charge in [-0.3, -0.25) is 4.79 Å². The minimum absolute atomic E-state index is 0.119. The summed E-state index contributed by atoms with van der Waals surface area (Å²) in [5, 5.41) is 6.11. The lowest BCUT2D eigenvalue weighted by molar-refractivity contribution is 0.0939. The zero-order valence-corrected chi connectivity index (χ0v) is 9.22. The third kappa shape index (κ3) is 2.39. The first-order valence-corrected chi connectivity index (χ1v) is 5.44. The van der Waals surface area contributed by atoms with Crippen LogP contribution in [0, 0.1) is 12.7 Å². The number of amides is 1. The molecule has 1 amide bonds. The van der Waals surface area contributed by atoms with Crippen molar-refractivity contribution in [2.45, 2.75) is 19.4 Å². The van der Waals surface area contributed by atoms with Gasteiger partial charge in [-0.15, -0.1) is 0 Å². The zero-order chi connectivity index (χ0) is 11.5. The third-order valence-corrected chi connectivity index (χ3v) is 2.83. The summed E-state index contributed by atoms with van der Waals surface area (Å²) in [6, 6.07) is 4.41. The summed E-state index contributed by atoms with van der Waals surface area (Å²) < 4.78 is 12.9. The van der Waals surface area contributed by atoms with Gasteiger partial charge < -0.3 is 10.6 Å². The number of aryl methyl sites for hydroxylation is 1. The van der Waals surface area contributed by atoms with Crippen molar-refractivity contribution < 1.29 is 9.18 Å². The second-order valence-corrected chi connectivity index (χ2v) is 4.12. The molecule has 1 heterocycles. The molecule has 0 aliphatic carbocycles. The number of carbonyl (C=O) groups is 1. The minimum atomic E-state index is -0.309. The van der Waals surface area contributed by atoms with Crippen molar-refractivity contribution in [2.24, 2.45) is 0 Å². The average Bonchev–Trinajstić information content (AvgIpc) is 2.70. The number of carbonyl (C=O) groups excluding carboxylic acids is 1. The van der Waals surface area contributed by atoms with Gasteiger partial charge in [0.2, 0.25) is 0 Å². The SMILES string of the molecule is Cc1cc(F)ccc1C(=O)NC1CCNC1. The number of nitrogens with one attached hydrogen (secondary N) is 2. The molecule has 0 saturated carbocycles. The first kappa shape index (κ1) is 11.1. The molecular formula is C12H15FN2O. The van der Waals surface area contributed by atoms with Gasteiger partial charge in [0, 0.05) is 18.2 Å². The molecule has 2 N–H and O–H groups in total. The Labute approximate surface area is 94.0 Å². The first-order valence-electron chi connectivity index (χ1n) is 5.44. The van der Waals surface area contributed by atoms with Crippen LogP contribution >= 0.6 is 0 Å². The normalized spacial score (nSPS) is 19.8. The van der Waals surface area contributed by atoms with Crippen molar-refractivity contribution in [2.75, 3.05) is 13.1 Å². The molecular weight excluding hydrogens is 207 g/mol. The van der Waals surface area contributed by atoms with Crippen molar-refractivity contribution in [1.29, 1.82) is 0 Å². The van der Waals surface area contributed by atoms with Gasteiger partial charge in [-0.1, -0.05) is 0 Å². The summed E-state index contributed by atoms with van der Waals surface area (Å²) in [4.78, 5) is 11.9. The van der Waals surface area contributed by atoms with Crippen LogP contribution in [0.15, 0.2) is 18.2 Å². The fourth-order valence-electron chi connectivity index (χ4n) is 1.92. The first-order chi connectivity index (χ1) is 7.66. The van der Waals surface area contributed by atoms with Crippen LogP contribution in [0.5, 0.6) is 0 Å². The average molecular weight is 222 g/mol. The monoisotopic (exact) mass is 222 g/mol.